The highest BCUT2D eigenvalue weighted by molar-refractivity contribution is 7.71. The van der Waals surface area contributed by atoms with Crippen LogP contribution in [0, 0.1) is 10.7 Å². The first-order valence-electron chi connectivity index (χ1n) is 5.95. The van der Waals surface area contributed by atoms with Gasteiger partial charge in [0.05, 0.1) is 11.0 Å². The van der Waals surface area contributed by atoms with Crippen LogP contribution < -0.4 is 0 Å². The van der Waals surface area contributed by atoms with Crippen molar-refractivity contribution in [2.24, 2.45) is 5.92 Å². The van der Waals surface area contributed by atoms with Crippen molar-refractivity contribution >= 4 is 23.3 Å². The van der Waals surface area contributed by atoms with Crippen LogP contribution in [0.15, 0.2) is 24.3 Å². The van der Waals surface area contributed by atoms with Gasteiger partial charge in [0.25, 0.3) is 0 Å². The molecular formula is C13H16N2S. The van der Waals surface area contributed by atoms with Gasteiger partial charge in [0.15, 0.2) is 4.77 Å². The van der Waals surface area contributed by atoms with E-state index in [0.29, 0.717) is 6.04 Å². The Kier molecular flexibility index (Phi) is 2.36. The summed E-state index contributed by atoms with van der Waals surface area (Å²) in [7, 11) is 0. The number of fused-ring (bicyclic) bond motifs is 1. The number of hydrogen-bond donors (Lipinski definition) is 1. The van der Waals surface area contributed by atoms with Gasteiger partial charge in [-0.3, -0.25) is 0 Å². The number of nitrogens with one attached hydrogen (secondary N) is 1. The molecule has 0 spiro atoms. The standard InChI is InChI=1S/C13H16N2S/c1-9(8-10-6-7-10)15-12-5-3-2-4-11(12)14-13(15)16/h2-5,9-10H,6-8H2,1H3,(H,14,16). The molecule has 2 nitrogen and oxygen atoms in total. The molecule has 3 heteroatoms. The van der Waals surface area contributed by atoms with Gasteiger partial charge >= 0.3 is 0 Å². The number of rotatable bonds is 3. The first-order chi connectivity index (χ1) is 7.75. The normalized spacial score (nSPS) is 17.8. The summed E-state index contributed by atoms with van der Waals surface area (Å²) < 4.78 is 3.12. The molecule has 1 unspecified atom stereocenters. The number of imidazole rings is 1. The lowest BCUT2D eigenvalue weighted by Crippen LogP contribution is -2.05. The topological polar surface area (TPSA) is 20.7 Å². The van der Waals surface area contributed by atoms with Crippen LogP contribution in [0.4, 0.5) is 0 Å². The van der Waals surface area contributed by atoms with Crippen molar-refractivity contribution in [2.75, 3.05) is 0 Å². The molecule has 1 fully saturated rings. The summed E-state index contributed by atoms with van der Waals surface area (Å²) in [5.41, 5.74) is 2.38. The molecule has 1 saturated carbocycles. The smallest absolute Gasteiger partial charge is 0.178 e. The van der Waals surface area contributed by atoms with E-state index < -0.39 is 0 Å². The lowest BCUT2D eigenvalue weighted by Gasteiger charge is -2.13. The minimum atomic E-state index is 0.510. The Bertz CT molecular complexity index is 563. The van der Waals surface area contributed by atoms with Crippen LogP contribution in [-0.2, 0) is 0 Å². The van der Waals surface area contributed by atoms with Crippen LogP contribution in [0.3, 0.4) is 0 Å². The lowest BCUT2D eigenvalue weighted by atomic mass is 10.1. The zero-order valence-corrected chi connectivity index (χ0v) is 10.3. The van der Waals surface area contributed by atoms with Crippen molar-refractivity contribution in [2.45, 2.75) is 32.2 Å². The number of hydrogen-bond acceptors (Lipinski definition) is 1. The summed E-state index contributed by atoms with van der Waals surface area (Å²) in [6.07, 6.45) is 4.07. The molecule has 1 N–H and O–H groups in total. The van der Waals surface area contributed by atoms with Crippen LogP contribution in [0.5, 0.6) is 0 Å². The summed E-state index contributed by atoms with van der Waals surface area (Å²) in [4.78, 5) is 3.28. The third kappa shape index (κ3) is 1.69. The van der Waals surface area contributed by atoms with Gasteiger partial charge in [0.1, 0.15) is 0 Å². The van der Waals surface area contributed by atoms with Crippen LogP contribution in [0.1, 0.15) is 32.2 Å². The molecule has 0 aliphatic heterocycles. The zero-order chi connectivity index (χ0) is 11.1. The average molecular weight is 232 g/mol. The predicted molar refractivity (Wildman–Crippen MR) is 69.2 cm³/mol. The molecule has 0 bridgehead atoms. The molecule has 1 aromatic heterocycles. The van der Waals surface area contributed by atoms with Crippen LogP contribution in [0.25, 0.3) is 11.0 Å². The first kappa shape index (κ1) is 10.1. The lowest BCUT2D eigenvalue weighted by molar-refractivity contribution is 0.483. The minimum absolute atomic E-state index is 0.510. The van der Waals surface area contributed by atoms with Gasteiger partial charge in [-0.15, -0.1) is 0 Å². The molecule has 1 aromatic carbocycles. The van der Waals surface area contributed by atoms with Gasteiger partial charge in [-0.2, -0.15) is 0 Å². The molecule has 1 heterocycles. The van der Waals surface area contributed by atoms with E-state index in [-0.39, 0.29) is 0 Å². The van der Waals surface area contributed by atoms with Gasteiger partial charge in [-0.1, -0.05) is 25.0 Å². The second kappa shape index (κ2) is 3.74. The second-order valence-corrected chi connectivity index (χ2v) is 5.23. The van der Waals surface area contributed by atoms with Crippen LogP contribution >= 0.6 is 12.2 Å². The largest absolute Gasteiger partial charge is 0.331 e. The average Bonchev–Trinajstić information content (AvgIpc) is 2.98. The Morgan fingerprint density at radius 3 is 2.94 bits per heavy atom. The van der Waals surface area contributed by atoms with E-state index in [1.807, 2.05) is 6.07 Å². The molecule has 1 aliphatic rings. The molecule has 1 aliphatic carbocycles. The van der Waals surface area contributed by atoms with Gasteiger partial charge in [0, 0.05) is 6.04 Å². The molecule has 0 radical (unpaired) electrons. The van der Waals surface area contributed by atoms with E-state index in [4.69, 9.17) is 12.2 Å². The van der Waals surface area contributed by atoms with E-state index in [1.165, 1.54) is 24.8 Å². The Labute approximate surface area is 100 Å². The van der Waals surface area contributed by atoms with Gasteiger partial charge in [0.2, 0.25) is 0 Å². The minimum Gasteiger partial charge on any atom is -0.331 e. The SMILES string of the molecule is CC(CC1CC1)n1c(=S)[nH]c2ccccc21. The van der Waals surface area contributed by atoms with Crippen molar-refractivity contribution in [1.82, 2.24) is 9.55 Å². The van der Waals surface area contributed by atoms with Crippen molar-refractivity contribution in [1.29, 1.82) is 0 Å². The van der Waals surface area contributed by atoms with Crippen molar-refractivity contribution in [3.8, 4) is 0 Å². The third-order valence-corrected chi connectivity index (χ3v) is 3.73. The number of aromatic amines is 1. The molecule has 1 atom stereocenters. The quantitative estimate of drug-likeness (QED) is 0.791. The molecule has 16 heavy (non-hydrogen) atoms. The van der Waals surface area contributed by atoms with Crippen molar-refractivity contribution in [3.63, 3.8) is 0 Å². The maximum atomic E-state index is 5.41. The fraction of sp³-hybridized carbons (Fsp3) is 0.462. The van der Waals surface area contributed by atoms with E-state index in [2.05, 4.69) is 34.7 Å². The fourth-order valence-corrected chi connectivity index (χ4v) is 2.84. The number of nitrogens with zero attached hydrogens (tertiary/aromatic N) is 1. The summed E-state index contributed by atoms with van der Waals surface area (Å²) in [6, 6.07) is 8.86. The number of para-hydroxylation sites is 2. The van der Waals surface area contributed by atoms with Gasteiger partial charge < -0.3 is 9.55 Å². The maximum absolute atomic E-state index is 5.41. The zero-order valence-electron chi connectivity index (χ0n) is 9.44. The Morgan fingerprint density at radius 2 is 2.19 bits per heavy atom. The van der Waals surface area contributed by atoms with E-state index >= 15 is 0 Å². The Hall–Kier alpha value is -1.09. The Morgan fingerprint density at radius 1 is 1.44 bits per heavy atom. The summed E-state index contributed by atoms with van der Waals surface area (Å²) >= 11 is 5.41. The predicted octanol–water partition coefficient (Wildman–Crippen LogP) is 4.06. The number of benzene rings is 1. The fourth-order valence-electron chi connectivity index (χ4n) is 2.45. The molecule has 2 aromatic rings. The molecule has 84 valence electrons. The van der Waals surface area contributed by atoms with Gasteiger partial charge in [-0.05, 0) is 43.6 Å². The summed E-state index contributed by atoms with van der Waals surface area (Å²) in [5, 5.41) is 0. The highest BCUT2D eigenvalue weighted by atomic mass is 32.1. The molecule has 0 saturated heterocycles. The van der Waals surface area contributed by atoms with E-state index in [0.717, 1.165) is 16.2 Å². The van der Waals surface area contributed by atoms with E-state index in [9.17, 15) is 0 Å². The second-order valence-electron chi connectivity index (χ2n) is 4.85. The van der Waals surface area contributed by atoms with Crippen LogP contribution in [0.2, 0.25) is 0 Å². The first-order valence-corrected chi connectivity index (χ1v) is 6.36. The molecule has 0 amide bonds. The Balaban J connectivity index is 2.06. The van der Waals surface area contributed by atoms with Gasteiger partial charge in [-0.25, -0.2) is 0 Å². The van der Waals surface area contributed by atoms with Crippen molar-refractivity contribution < 1.29 is 0 Å². The maximum Gasteiger partial charge on any atom is 0.178 e. The molecular weight excluding hydrogens is 216 g/mol. The summed E-state index contributed by atoms with van der Waals surface area (Å²) in [5.74, 6) is 0.936. The molecule has 3 rings (SSSR count). The number of H-pyrrole nitrogens is 1. The number of aromatic nitrogens is 2. The third-order valence-electron chi connectivity index (χ3n) is 3.44. The highest BCUT2D eigenvalue weighted by Gasteiger charge is 2.25. The van der Waals surface area contributed by atoms with E-state index in [1.54, 1.807) is 0 Å². The van der Waals surface area contributed by atoms with Crippen LogP contribution in [-0.4, -0.2) is 9.55 Å². The van der Waals surface area contributed by atoms with Crippen molar-refractivity contribution in [3.05, 3.63) is 29.0 Å². The highest BCUT2D eigenvalue weighted by Crippen LogP contribution is 2.37. The summed E-state index contributed by atoms with van der Waals surface area (Å²) in [6.45, 7) is 2.27. The monoisotopic (exact) mass is 232 g/mol.